The van der Waals surface area contributed by atoms with Crippen LogP contribution < -0.4 is 10.1 Å². The lowest BCUT2D eigenvalue weighted by Crippen LogP contribution is -2.10. The van der Waals surface area contributed by atoms with Crippen LogP contribution in [0.1, 0.15) is 30.5 Å². The molecule has 2 N–H and O–H groups in total. The Bertz CT molecular complexity index is 1540. The van der Waals surface area contributed by atoms with E-state index in [0.717, 1.165) is 55.6 Å². The molecule has 0 atom stereocenters. The van der Waals surface area contributed by atoms with Crippen LogP contribution in [0.4, 0.5) is 5.95 Å². The van der Waals surface area contributed by atoms with Gasteiger partial charge in [0.25, 0.3) is 5.91 Å². The van der Waals surface area contributed by atoms with Crippen molar-refractivity contribution in [2.75, 3.05) is 11.9 Å². The molecule has 6 heteroatoms. The second-order valence-corrected chi connectivity index (χ2v) is 8.62. The summed E-state index contributed by atoms with van der Waals surface area (Å²) in [6.45, 7) is 8.41. The fraction of sp³-hybridized carbons (Fsp3) is 0.172. The lowest BCUT2D eigenvalue weighted by atomic mass is 9.96. The topological polar surface area (TPSA) is 80.1 Å². The Kier molecular flexibility index (Phi) is 5.87. The zero-order valence-corrected chi connectivity index (χ0v) is 20.2. The lowest BCUT2D eigenvalue weighted by Gasteiger charge is -2.15. The molecule has 5 aromatic rings. The predicted molar refractivity (Wildman–Crippen MR) is 141 cm³/mol. The van der Waals surface area contributed by atoms with Crippen molar-refractivity contribution in [3.63, 3.8) is 0 Å². The molecule has 3 aromatic carbocycles. The number of anilines is 1. The van der Waals surface area contributed by atoms with E-state index in [1.54, 1.807) is 12.3 Å². The molecule has 6 nitrogen and oxygen atoms in total. The van der Waals surface area contributed by atoms with Gasteiger partial charge in [-0.2, -0.15) is 0 Å². The molecule has 0 saturated carbocycles. The maximum Gasteiger partial charge on any atom is 0.250 e. The first kappa shape index (κ1) is 22.5. The van der Waals surface area contributed by atoms with E-state index in [-0.39, 0.29) is 5.91 Å². The Balaban J connectivity index is 1.54. The lowest BCUT2D eigenvalue weighted by molar-refractivity contribution is -0.111. The van der Waals surface area contributed by atoms with E-state index in [0.29, 0.717) is 12.6 Å². The maximum atomic E-state index is 12.9. The number of H-pyrrole nitrogens is 1. The van der Waals surface area contributed by atoms with Crippen molar-refractivity contribution in [1.29, 1.82) is 0 Å². The van der Waals surface area contributed by atoms with Crippen molar-refractivity contribution in [3.05, 3.63) is 83.6 Å². The Morgan fingerprint density at radius 2 is 1.91 bits per heavy atom. The minimum Gasteiger partial charge on any atom is -0.493 e. The van der Waals surface area contributed by atoms with Crippen molar-refractivity contribution in [2.45, 2.75) is 27.7 Å². The van der Waals surface area contributed by atoms with Crippen molar-refractivity contribution in [2.24, 2.45) is 0 Å². The van der Waals surface area contributed by atoms with Crippen molar-refractivity contribution >= 4 is 39.4 Å². The number of benzene rings is 3. The number of ether oxygens (including phenoxy) is 1. The highest BCUT2D eigenvalue weighted by molar-refractivity contribution is 6.05. The Labute approximate surface area is 203 Å². The summed E-state index contributed by atoms with van der Waals surface area (Å²) in [5.74, 6) is 0.858. The van der Waals surface area contributed by atoms with Gasteiger partial charge >= 0.3 is 0 Å². The molecule has 0 aliphatic heterocycles. The molecule has 0 aliphatic carbocycles. The van der Waals surface area contributed by atoms with E-state index < -0.39 is 0 Å². The number of nitrogens with zero attached hydrogens (tertiary/aromatic N) is 1. The van der Waals surface area contributed by atoms with Gasteiger partial charge in [-0.3, -0.25) is 10.1 Å². The second kappa shape index (κ2) is 9.14. The van der Waals surface area contributed by atoms with Gasteiger partial charge in [0, 0.05) is 28.2 Å². The fourth-order valence-electron chi connectivity index (χ4n) is 4.33. The van der Waals surface area contributed by atoms with E-state index in [2.05, 4.69) is 46.5 Å². The van der Waals surface area contributed by atoms with Gasteiger partial charge in [0.05, 0.1) is 23.9 Å². The molecule has 0 bridgehead atoms. The summed E-state index contributed by atoms with van der Waals surface area (Å²) >= 11 is 0. The Hall–Kier alpha value is -4.32. The summed E-state index contributed by atoms with van der Waals surface area (Å²) in [4.78, 5) is 20.4. The smallest absolute Gasteiger partial charge is 0.250 e. The van der Waals surface area contributed by atoms with E-state index in [1.165, 1.54) is 5.56 Å². The summed E-state index contributed by atoms with van der Waals surface area (Å²) in [6, 6.07) is 18.1. The summed E-state index contributed by atoms with van der Waals surface area (Å²) < 4.78 is 12.0. The van der Waals surface area contributed by atoms with Crippen LogP contribution in [0.3, 0.4) is 0 Å². The third-order valence-electron chi connectivity index (χ3n) is 6.10. The molecule has 0 unspecified atom stereocenters. The molecule has 0 spiro atoms. The van der Waals surface area contributed by atoms with Crippen LogP contribution in [-0.4, -0.2) is 22.5 Å². The molecule has 1 amide bonds. The number of para-hydroxylation sites is 2. The number of aryl methyl sites for hydroxylation is 2. The van der Waals surface area contributed by atoms with Gasteiger partial charge in [0.1, 0.15) is 11.3 Å². The monoisotopic (exact) mass is 465 g/mol. The molecule has 176 valence electrons. The third kappa shape index (κ3) is 4.30. The van der Waals surface area contributed by atoms with Gasteiger partial charge in [0.15, 0.2) is 0 Å². The highest BCUT2D eigenvalue weighted by atomic mass is 16.5. The normalized spacial score (nSPS) is 11.8. The number of fused-ring (bicyclic) bond motifs is 2. The Morgan fingerprint density at radius 3 is 2.66 bits per heavy atom. The quantitative estimate of drug-likeness (QED) is 0.264. The minimum absolute atomic E-state index is 0.271. The number of hydrogen-bond donors (Lipinski definition) is 2. The first-order valence-electron chi connectivity index (χ1n) is 11.6. The summed E-state index contributed by atoms with van der Waals surface area (Å²) in [7, 11) is 0. The molecule has 0 radical (unpaired) electrons. The largest absolute Gasteiger partial charge is 0.493 e. The van der Waals surface area contributed by atoms with Gasteiger partial charge in [-0.25, -0.2) is 4.98 Å². The van der Waals surface area contributed by atoms with Gasteiger partial charge in [-0.1, -0.05) is 42.0 Å². The van der Waals surface area contributed by atoms with Gasteiger partial charge in [-0.15, -0.1) is 0 Å². The first-order valence-corrected chi connectivity index (χ1v) is 11.6. The van der Waals surface area contributed by atoms with Crippen LogP contribution >= 0.6 is 0 Å². The third-order valence-corrected chi connectivity index (χ3v) is 6.10. The molecule has 0 aliphatic rings. The van der Waals surface area contributed by atoms with Crippen LogP contribution in [-0.2, 0) is 4.79 Å². The number of carbonyl (C=O) groups is 1. The standard InChI is InChI=1S/C29H27N3O3/c1-5-34-27-19(4)28-22(23(16-35-28)20-12-10-17(2)11-13-20)15-21(27)18(3)14-26(33)32-29-30-24-8-6-7-9-25(24)31-29/h6-16H,5H2,1-4H3,(H2,30,31,32,33)/b18-14+. The number of hydrogen-bond acceptors (Lipinski definition) is 4. The number of carbonyl (C=O) groups excluding carboxylic acids is 1. The van der Waals surface area contributed by atoms with Crippen LogP contribution in [0, 0.1) is 13.8 Å². The van der Waals surface area contributed by atoms with E-state index in [1.807, 2.05) is 51.1 Å². The summed E-state index contributed by atoms with van der Waals surface area (Å²) in [6.07, 6.45) is 3.36. The highest BCUT2D eigenvalue weighted by Crippen LogP contribution is 2.40. The first-order chi connectivity index (χ1) is 16.9. The molecule has 35 heavy (non-hydrogen) atoms. The van der Waals surface area contributed by atoms with Crippen molar-refractivity contribution in [1.82, 2.24) is 9.97 Å². The number of imidazole rings is 1. The van der Waals surface area contributed by atoms with Crippen LogP contribution in [0.2, 0.25) is 0 Å². The van der Waals surface area contributed by atoms with Crippen molar-refractivity contribution in [3.8, 4) is 16.9 Å². The number of aromatic amines is 1. The fourth-order valence-corrected chi connectivity index (χ4v) is 4.33. The second-order valence-electron chi connectivity index (χ2n) is 8.62. The van der Waals surface area contributed by atoms with Crippen molar-refractivity contribution < 1.29 is 13.9 Å². The zero-order valence-electron chi connectivity index (χ0n) is 20.2. The van der Waals surface area contributed by atoms with E-state index in [9.17, 15) is 4.79 Å². The number of amides is 1. The van der Waals surface area contributed by atoms with Crippen LogP contribution in [0.15, 0.2) is 71.4 Å². The number of rotatable bonds is 6. The van der Waals surface area contributed by atoms with Crippen LogP contribution in [0.5, 0.6) is 5.75 Å². The SMILES string of the molecule is CCOc1c(/C(C)=C/C(=O)Nc2nc3ccccc3[nH]2)cc2c(-c3ccc(C)cc3)coc2c1C. The highest BCUT2D eigenvalue weighted by Gasteiger charge is 2.19. The molecular formula is C29H27N3O3. The van der Waals surface area contributed by atoms with E-state index >= 15 is 0 Å². The van der Waals surface area contributed by atoms with Crippen LogP contribution in [0.25, 0.3) is 38.7 Å². The molecule has 5 rings (SSSR count). The number of furan rings is 1. The van der Waals surface area contributed by atoms with Gasteiger partial charge in [0.2, 0.25) is 5.95 Å². The average molecular weight is 466 g/mol. The number of nitrogens with one attached hydrogen (secondary N) is 2. The molecule has 0 saturated heterocycles. The van der Waals surface area contributed by atoms with Gasteiger partial charge < -0.3 is 14.1 Å². The molecular weight excluding hydrogens is 438 g/mol. The molecule has 2 aromatic heterocycles. The Morgan fingerprint density at radius 1 is 1.14 bits per heavy atom. The summed E-state index contributed by atoms with van der Waals surface area (Å²) in [5, 5.41) is 3.81. The minimum atomic E-state index is -0.271. The number of aromatic nitrogens is 2. The van der Waals surface area contributed by atoms with E-state index in [4.69, 9.17) is 9.15 Å². The number of allylic oxidation sites excluding steroid dienone is 1. The maximum absolute atomic E-state index is 12.9. The zero-order chi connectivity index (χ0) is 24.5. The average Bonchev–Trinajstić information content (AvgIpc) is 3.45. The molecule has 0 fully saturated rings. The summed E-state index contributed by atoms with van der Waals surface area (Å²) in [5.41, 5.74) is 8.27. The van der Waals surface area contributed by atoms with Gasteiger partial charge in [-0.05, 0) is 57.0 Å². The predicted octanol–water partition coefficient (Wildman–Crippen LogP) is 7.03. The molecule has 2 heterocycles.